The summed E-state index contributed by atoms with van der Waals surface area (Å²) in [4.78, 5) is 15.6. The predicted molar refractivity (Wildman–Crippen MR) is 152 cm³/mol. The van der Waals surface area contributed by atoms with Gasteiger partial charge in [0.2, 0.25) is 5.91 Å². The molecular weight excluding hydrogens is 493 g/mol. The maximum atomic E-state index is 13.5. The number of amides is 1. The summed E-state index contributed by atoms with van der Waals surface area (Å²) in [6.07, 6.45) is 2.48. The lowest BCUT2D eigenvalue weighted by atomic mass is 9.88. The molecule has 0 saturated carbocycles. The number of ether oxygens (including phenoxy) is 2. The number of benzene rings is 3. The molecule has 0 unspecified atom stereocenters. The summed E-state index contributed by atoms with van der Waals surface area (Å²) < 4.78 is 26.8. The molecule has 5 rings (SSSR count). The maximum absolute atomic E-state index is 13.5. The van der Waals surface area contributed by atoms with Crippen LogP contribution >= 0.6 is 0 Å². The first-order valence-electron chi connectivity index (χ1n) is 13.7. The third-order valence-corrected chi connectivity index (χ3v) is 7.30. The molecule has 7 heteroatoms. The smallest absolute Gasteiger partial charge is 0.220 e. The number of halogens is 1. The van der Waals surface area contributed by atoms with E-state index in [0.29, 0.717) is 26.1 Å². The molecule has 1 saturated heterocycles. The largest absolute Gasteiger partial charge is 0.494 e. The van der Waals surface area contributed by atoms with Gasteiger partial charge in [-0.3, -0.25) is 9.69 Å². The Hall–Kier alpha value is -3.68. The first kappa shape index (κ1) is 26.9. The van der Waals surface area contributed by atoms with Crippen LogP contribution in [0, 0.1) is 5.82 Å². The molecule has 0 spiro atoms. The van der Waals surface area contributed by atoms with Crippen molar-refractivity contribution in [2.75, 3.05) is 46.0 Å². The van der Waals surface area contributed by atoms with Gasteiger partial charge in [0, 0.05) is 62.2 Å². The number of morpholine rings is 1. The molecule has 1 aliphatic heterocycles. The Kier molecular flexibility index (Phi) is 8.91. The molecule has 6 nitrogen and oxygen atoms in total. The second-order valence-electron chi connectivity index (χ2n) is 9.92. The van der Waals surface area contributed by atoms with Crippen molar-refractivity contribution in [1.82, 2.24) is 14.8 Å². The Morgan fingerprint density at radius 1 is 1.03 bits per heavy atom. The average molecular weight is 530 g/mol. The minimum atomic E-state index is -0.244. The summed E-state index contributed by atoms with van der Waals surface area (Å²) >= 11 is 0. The van der Waals surface area contributed by atoms with Crippen molar-refractivity contribution >= 4 is 16.8 Å². The fourth-order valence-corrected chi connectivity index (χ4v) is 5.28. The minimum Gasteiger partial charge on any atom is -0.494 e. The molecule has 0 aliphatic carbocycles. The van der Waals surface area contributed by atoms with Gasteiger partial charge >= 0.3 is 0 Å². The molecule has 1 N–H and O–H groups in total. The minimum absolute atomic E-state index is 0.0255. The molecule has 2 heterocycles. The van der Waals surface area contributed by atoms with Crippen LogP contribution in [0.15, 0.2) is 79.0 Å². The Morgan fingerprint density at radius 2 is 1.77 bits per heavy atom. The number of nitrogens with one attached hydrogen (secondary N) is 1. The van der Waals surface area contributed by atoms with Crippen molar-refractivity contribution in [3.63, 3.8) is 0 Å². The highest BCUT2D eigenvalue weighted by Gasteiger charge is 2.23. The first-order valence-corrected chi connectivity index (χ1v) is 13.7. The third-order valence-electron chi connectivity index (χ3n) is 7.30. The molecule has 1 atom stereocenters. The van der Waals surface area contributed by atoms with Crippen molar-refractivity contribution in [3.05, 3.63) is 102 Å². The van der Waals surface area contributed by atoms with Gasteiger partial charge in [0.1, 0.15) is 11.6 Å². The highest BCUT2D eigenvalue weighted by molar-refractivity contribution is 5.86. The molecule has 204 valence electrons. The zero-order valence-electron chi connectivity index (χ0n) is 22.4. The van der Waals surface area contributed by atoms with Crippen LogP contribution in [0.2, 0.25) is 0 Å². The van der Waals surface area contributed by atoms with Gasteiger partial charge in [0.15, 0.2) is 0 Å². The number of nitrogens with zero attached hydrogens (tertiary/aromatic N) is 2. The lowest BCUT2D eigenvalue weighted by molar-refractivity contribution is -0.121. The van der Waals surface area contributed by atoms with Crippen molar-refractivity contribution in [1.29, 1.82) is 0 Å². The van der Waals surface area contributed by atoms with Gasteiger partial charge in [0.05, 0.1) is 19.8 Å². The number of rotatable bonds is 11. The van der Waals surface area contributed by atoms with Crippen LogP contribution in [0.4, 0.5) is 4.39 Å². The highest BCUT2D eigenvalue weighted by atomic mass is 19.1. The number of carbonyl (C=O) groups excluding carboxylic acids is 1. The molecule has 39 heavy (non-hydrogen) atoms. The maximum Gasteiger partial charge on any atom is 0.220 e. The second-order valence-corrected chi connectivity index (χ2v) is 9.92. The summed E-state index contributed by atoms with van der Waals surface area (Å²) in [5.41, 5.74) is 4.26. The lowest BCUT2D eigenvalue weighted by Crippen LogP contribution is -2.41. The van der Waals surface area contributed by atoms with E-state index in [9.17, 15) is 9.18 Å². The van der Waals surface area contributed by atoms with Crippen LogP contribution in [0.5, 0.6) is 5.75 Å². The average Bonchev–Trinajstić information content (AvgIpc) is 3.32. The standard InChI is InChI=1S/C32H36FN3O3/c1-2-39-27-13-9-25(10-14-27)29(21-32(37)34-15-16-35-17-19-38-20-18-35)30-23-36(31-6-4-3-5-28(30)31)22-24-7-11-26(33)12-8-24/h3-14,23,29H,2,15-22H2,1H3,(H,34,37)/t29-/m1/s1. The Labute approximate surface area is 229 Å². The van der Waals surface area contributed by atoms with E-state index >= 15 is 0 Å². The molecule has 1 aromatic heterocycles. The number of para-hydroxylation sites is 1. The number of fused-ring (bicyclic) bond motifs is 1. The van der Waals surface area contributed by atoms with Gasteiger partial charge in [-0.25, -0.2) is 4.39 Å². The Bertz CT molecular complexity index is 1360. The summed E-state index contributed by atoms with van der Waals surface area (Å²) in [7, 11) is 0. The van der Waals surface area contributed by atoms with Gasteiger partial charge < -0.3 is 19.4 Å². The van der Waals surface area contributed by atoms with Crippen LogP contribution in [0.25, 0.3) is 10.9 Å². The normalized spacial score (nSPS) is 14.8. The van der Waals surface area contributed by atoms with E-state index in [4.69, 9.17) is 9.47 Å². The van der Waals surface area contributed by atoms with Crippen molar-refractivity contribution in [2.45, 2.75) is 25.8 Å². The first-order chi connectivity index (χ1) is 19.1. The fourth-order valence-electron chi connectivity index (χ4n) is 5.28. The molecule has 0 bridgehead atoms. The third kappa shape index (κ3) is 6.85. The van der Waals surface area contributed by atoms with E-state index in [1.807, 2.05) is 43.3 Å². The van der Waals surface area contributed by atoms with E-state index in [1.165, 1.54) is 12.1 Å². The van der Waals surface area contributed by atoms with Crippen molar-refractivity contribution in [3.8, 4) is 5.75 Å². The molecule has 3 aromatic carbocycles. The van der Waals surface area contributed by atoms with Crippen LogP contribution in [0.1, 0.15) is 36.0 Å². The van der Waals surface area contributed by atoms with Crippen molar-refractivity contribution in [2.24, 2.45) is 0 Å². The van der Waals surface area contributed by atoms with Gasteiger partial charge in [-0.2, -0.15) is 0 Å². The van der Waals surface area contributed by atoms with Gasteiger partial charge in [-0.05, 0) is 53.9 Å². The molecule has 0 radical (unpaired) electrons. The summed E-state index contributed by atoms with van der Waals surface area (Å²) in [5.74, 6) is 0.460. The SMILES string of the molecule is CCOc1ccc([C@@H](CC(=O)NCCN2CCOCC2)c2cn(Cc3ccc(F)cc3)c3ccccc23)cc1. The predicted octanol–water partition coefficient (Wildman–Crippen LogP) is 5.20. The zero-order valence-corrected chi connectivity index (χ0v) is 22.4. The van der Waals surface area contributed by atoms with Crippen LogP contribution in [-0.2, 0) is 16.1 Å². The summed E-state index contributed by atoms with van der Waals surface area (Å²) in [6, 6.07) is 22.9. The molecule has 1 amide bonds. The van der Waals surface area contributed by atoms with Gasteiger partial charge in [-0.15, -0.1) is 0 Å². The highest BCUT2D eigenvalue weighted by Crippen LogP contribution is 2.36. The number of hydrogen-bond donors (Lipinski definition) is 1. The molecule has 4 aromatic rings. The van der Waals surface area contributed by atoms with E-state index < -0.39 is 0 Å². The van der Waals surface area contributed by atoms with Gasteiger partial charge in [-0.1, -0.05) is 42.5 Å². The van der Waals surface area contributed by atoms with Crippen LogP contribution in [0.3, 0.4) is 0 Å². The topological polar surface area (TPSA) is 55.7 Å². The number of aromatic nitrogens is 1. The zero-order chi connectivity index (χ0) is 27.0. The van der Waals surface area contributed by atoms with Gasteiger partial charge in [0.25, 0.3) is 0 Å². The Balaban J connectivity index is 1.42. The lowest BCUT2D eigenvalue weighted by Gasteiger charge is -2.26. The molecular formula is C32H36FN3O3. The molecule has 1 aliphatic rings. The van der Waals surface area contributed by atoms with E-state index in [2.05, 4.69) is 45.2 Å². The Morgan fingerprint density at radius 3 is 2.51 bits per heavy atom. The molecule has 1 fully saturated rings. The van der Waals surface area contributed by atoms with Crippen LogP contribution in [-0.4, -0.2) is 61.4 Å². The fraction of sp³-hybridized carbons (Fsp3) is 0.344. The van der Waals surface area contributed by atoms with Crippen molar-refractivity contribution < 1.29 is 18.7 Å². The number of carbonyl (C=O) groups is 1. The van der Waals surface area contributed by atoms with E-state index in [-0.39, 0.29) is 17.6 Å². The van der Waals surface area contributed by atoms with E-state index in [1.54, 1.807) is 0 Å². The summed E-state index contributed by atoms with van der Waals surface area (Å²) in [5, 5.41) is 4.25. The monoisotopic (exact) mass is 529 g/mol. The second kappa shape index (κ2) is 12.9. The summed E-state index contributed by atoms with van der Waals surface area (Å²) in [6.45, 7) is 7.91. The van der Waals surface area contributed by atoms with E-state index in [0.717, 1.165) is 66.2 Å². The number of hydrogen-bond acceptors (Lipinski definition) is 4. The van der Waals surface area contributed by atoms with Crippen LogP contribution < -0.4 is 10.1 Å². The quantitative estimate of drug-likeness (QED) is 0.290.